The van der Waals surface area contributed by atoms with Gasteiger partial charge < -0.3 is 0 Å². The lowest BCUT2D eigenvalue weighted by molar-refractivity contribution is 0.722. The second-order valence-electron chi connectivity index (χ2n) is 15.9. The largest absolute Gasteiger partial charge is 0.208 e. The van der Waals surface area contributed by atoms with Crippen LogP contribution in [0.2, 0.25) is 0 Å². The molecule has 0 bridgehead atoms. The first kappa shape index (κ1) is 33.6. The average Bonchev–Trinajstić information content (AvgIpc) is 3.80. The molecule has 0 unspecified atom stereocenters. The molecule has 2 heterocycles. The number of benzene rings is 9. The first-order valence-corrected chi connectivity index (χ1v) is 21.2. The zero-order valence-corrected chi connectivity index (χ0v) is 33.1. The molecular weight excluding hydrogens is 747 g/mol. The van der Waals surface area contributed by atoms with Crippen molar-refractivity contribution in [1.29, 1.82) is 0 Å². The van der Waals surface area contributed by atoms with Gasteiger partial charge in [0.1, 0.15) is 0 Å². The van der Waals surface area contributed by atoms with Crippen LogP contribution in [0.4, 0.5) is 0 Å². The van der Waals surface area contributed by atoms with Gasteiger partial charge in [-0.05, 0) is 95.7 Å². The molecule has 4 heteroatoms. The van der Waals surface area contributed by atoms with E-state index in [1.807, 2.05) is 30.0 Å². The van der Waals surface area contributed by atoms with Gasteiger partial charge in [-0.15, -0.1) is 0 Å². The maximum absolute atomic E-state index is 5.22. The van der Waals surface area contributed by atoms with E-state index in [0.717, 1.165) is 22.3 Å². The Morgan fingerprint density at radius 1 is 0.300 bits per heavy atom. The van der Waals surface area contributed by atoms with Gasteiger partial charge in [0, 0.05) is 26.5 Å². The summed E-state index contributed by atoms with van der Waals surface area (Å²) in [5.41, 5.74) is 17.8. The second kappa shape index (κ2) is 12.8. The Morgan fingerprint density at radius 2 is 0.817 bits per heavy atom. The minimum atomic E-state index is -0.430. The lowest BCUT2D eigenvalue weighted by Gasteiger charge is -2.39. The fourth-order valence-corrected chi connectivity index (χ4v) is 11.4. The lowest BCUT2D eigenvalue weighted by Crippen LogP contribution is -2.31. The van der Waals surface area contributed by atoms with Crippen LogP contribution in [0.15, 0.2) is 210 Å². The number of aromatic nitrogens is 3. The van der Waals surface area contributed by atoms with E-state index in [-0.39, 0.29) is 0 Å². The van der Waals surface area contributed by atoms with Crippen molar-refractivity contribution in [2.45, 2.75) is 15.2 Å². The molecule has 2 aliphatic carbocycles. The summed E-state index contributed by atoms with van der Waals surface area (Å²) >= 11 is 1.83. The Morgan fingerprint density at radius 3 is 1.53 bits per heavy atom. The SMILES string of the molecule is c1ccc(-c2nc(-c3ccc(-c4ccc5c(c4)-c4cccc6cccc-5c46)cc3)nc(-c3ccc4c(c3)Sc3ccccc3C43c4ccccc4-c4ccccc43)n2)cc1. The molecule has 1 aliphatic heterocycles. The molecule has 9 aromatic carbocycles. The van der Waals surface area contributed by atoms with Gasteiger partial charge >= 0.3 is 0 Å². The molecule has 3 nitrogen and oxygen atoms in total. The fraction of sp³-hybridized carbons (Fsp3) is 0.0179. The van der Waals surface area contributed by atoms with Gasteiger partial charge in [0.2, 0.25) is 0 Å². The number of hydrogen-bond donors (Lipinski definition) is 0. The van der Waals surface area contributed by atoms with Gasteiger partial charge in [0.05, 0.1) is 5.41 Å². The molecule has 1 aromatic heterocycles. The summed E-state index contributed by atoms with van der Waals surface area (Å²) in [6, 6.07) is 72.6. The normalized spacial score (nSPS) is 13.4. The first-order chi connectivity index (χ1) is 29.7. The molecule has 0 atom stereocenters. The van der Waals surface area contributed by atoms with Crippen molar-refractivity contribution in [3.8, 4) is 78.7 Å². The molecule has 0 N–H and O–H groups in total. The van der Waals surface area contributed by atoms with Crippen LogP contribution in [-0.2, 0) is 5.41 Å². The highest BCUT2D eigenvalue weighted by atomic mass is 32.2. The molecule has 1 spiro atoms. The van der Waals surface area contributed by atoms with Crippen LogP contribution in [0, 0.1) is 0 Å². The van der Waals surface area contributed by atoms with Crippen LogP contribution < -0.4 is 0 Å². The topological polar surface area (TPSA) is 38.7 Å². The van der Waals surface area contributed by atoms with Crippen LogP contribution in [0.25, 0.3) is 89.4 Å². The van der Waals surface area contributed by atoms with E-state index in [2.05, 4.69) is 182 Å². The van der Waals surface area contributed by atoms with E-state index in [0.29, 0.717) is 17.5 Å². The molecule has 13 rings (SSSR count). The number of rotatable bonds is 4. The van der Waals surface area contributed by atoms with E-state index in [9.17, 15) is 0 Å². The monoisotopic (exact) mass is 779 g/mol. The van der Waals surface area contributed by atoms with Crippen LogP contribution in [0.3, 0.4) is 0 Å². The minimum Gasteiger partial charge on any atom is -0.208 e. The Kier molecular flexibility index (Phi) is 7.16. The highest BCUT2D eigenvalue weighted by Crippen LogP contribution is 2.62. The molecule has 278 valence electrons. The zero-order chi connectivity index (χ0) is 39.4. The van der Waals surface area contributed by atoms with E-state index < -0.39 is 5.41 Å². The Labute approximate surface area is 352 Å². The van der Waals surface area contributed by atoms with Crippen LogP contribution in [0.1, 0.15) is 22.3 Å². The first-order valence-electron chi connectivity index (χ1n) is 20.4. The molecule has 0 fully saturated rings. The van der Waals surface area contributed by atoms with Crippen molar-refractivity contribution < 1.29 is 0 Å². The van der Waals surface area contributed by atoms with E-state index in [4.69, 9.17) is 15.0 Å². The molecule has 60 heavy (non-hydrogen) atoms. The maximum atomic E-state index is 5.22. The molecule has 0 radical (unpaired) electrons. The van der Waals surface area contributed by atoms with Gasteiger partial charge in [0.15, 0.2) is 17.5 Å². The van der Waals surface area contributed by atoms with Gasteiger partial charge in [-0.2, -0.15) is 0 Å². The summed E-state index contributed by atoms with van der Waals surface area (Å²) in [5, 5.41) is 2.63. The number of fused-ring (bicyclic) bond motifs is 12. The van der Waals surface area contributed by atoms with E-state index >= 15 is 0 Å². The van der Waals surface area contributed by atoms with Crippen LogP contribution >= 0.6 is 11.8 Å². The van der Waals surface area contributed by atoms with Gasteiger partial charge in [-0.1, -0.05) is 194 Å². The zero-order valence-electron chi connectivity index (χ0n) is 32.3. The van der Waals surface area contributed by atoms with Crippen LogP contribution in [-0.4, -0.2) is 15.0 Å². The summed E-state index contributed by atoms with van der Waals surface area (Å²) in [7, 11) is 0. The molecule has 3 aliphatic rings. The van der Waals surface area contributed by atoms with Crippen molar-refractivity contribution in [1.82, 2.24) is 15.0 Å². The van der Waals surface area contributed by atoms with Crippen molar-refractivity contribution in [3.05, 3.63) is 222 Å². The smallest absolute Gasteiger partial charge is 0.164 e. The van der Waals surface area contributed by atoms with Gasteiger partial charge in [-0.25, -0.2) is 15.0 Å². The summed E-state index contributed by atoms with van der Waals surface area (Å²) in [5.74, 6) is 1.95. The quantitative estimate of drug-likeness (QED) is 0.178. The predicted molar refractivity (Wildman–Crippen MR) is 245 cm³/mol. The second-order valence-corrected chi connectivity index (χ2v) is 17.0. The highest BCUT2D eigenvalue weighted by molar-refractivity contribution is 7.99. The Hall–Kier alpha value is -7.40. The fourth-order valence-electron chi connectivity index (χ4n) is 10.1. The highest BCUT2D eigenvalue weighted by Gasteiger charge is 2.50. The summed E-state index contributed by atoms with van der Waals surface area (Å²) < 4.78 is 0. The van der Waals surface area contributed by atoms with Crippen molar-refractivity contribution in [3.63, 3.8) is 0 Å². The third kappa shape index (κ3) is 4.77. The molecular formula is C56H33N3S. The summed E-state index contributed by atoms with van der Waals surface area (Å²) in [6.45, 7) is 0. The minimum absolute atomic E-state index is 0.430. The lowest BCUT2D eigenvalue weighted by atomic mass is 9.67. The van der Waals surface area contributed by atoms with E-state index in [1.54, 1.807) is 0 Å². The Balaban J connectivity index is 0.926. The molecule has 0 amide bonds. The third-order valence-electron chi connectivity index (χ3n) is 12.8. The number of nitrogens with zero attached hydrogens (tertiary/aromatic N) is 3. The maximum Gasteiger partial charge on any atom is 0.164 e. The van der Waals surface area contributed by atoms with Crippen molar-refractivity contribution >= 4 is 22.5 Å². The van der Waals surface area contributed by atoms with Gasteiger partial charge in [0.25, 0.3) is 0 Å². The predicted octanol–water partition coefficient (Wildman–Crippen LogP) is 14.2. The standard InChI is InChI=1S/C56H33N3S/c1-2-12-36(13-3-1)53-57-54(37-26-24-34(25-27-37)38-28-30-40-43-18-10-14-35-15-11-19-44(52(35)43)45(40)32-38)59-55(58-53)39-29-31-49-51(33-39)60-50-23-9-8-22-48(50)56(49)46-20-6-4-16-41(46)42-17-5-7-21-47(42)56/h1-33H. The van der Waals surface area contributed by atoms with Crippen LogP contribution in [0.5, 0.6) is 0 Å². The van der Waals surface area contributed by atoms with Crippen molar-refractivity contribution in [2.75, 3.05) is 0 Å². The average molecular weight is 780 g/mol. The third-order valence-corrected chi connectivity index (χ3v) is 13.9. The molecule has 0 saturated heterocycles. The summed E-state index contributed by atoms with van der Waals surface area (Å²) in [4.78, 5) is 17.9. The van der Waals surface area contributed by atoms with Crippen molar-refractivity contribution in [2.24, 2.45) is 0 Å². The summed E-state index contributed by atoms with van der Waals surface area (Å²) in [6.07, 6.45) is 0. The molecule has 0 saturated carbocycles. The Bertz CT molecular complexity index is 3360. The number of hydrogen-bond acceptors (Lipinski definition) is 4. The molecule has 10 aromatic rings. The van der Waals surface area contributed by atoms with Gasteiger partial charge in [-0.3, -0.25) is 0 Å². The van der Waals surface area contributed by atoms with E-state index in [1.165, 1.54) is 81.8 Å².